The molecule has 0 N–H and O–H groups in total. The lowest BCUT2D eigenvalue weighted by atomic mass is 10.2. The van der Waals surface area contributed by atoms with Gasteiger partial charge in [-0.05, 0) is 44.0 Å². The Morgan fingerprint density at radius 2 is 2.04 bits per heavy atom. The Morgan fingerprint density at radius 3 is 2.74 bits per heavy atom. The van der Waals surface area contributed by atoms with Crippen LogP contribution in [0, 0.1) is 6.92 Å². The van der Waals surface area contributed by atoms with Crippen molar-refractivity contribution in [3.8, 4) is 11.5 Å². The second-order valence-corrected chi connectivity index (χ2v) is 7.65. The van der Waals surface area contributed by atoms with Crippen LogP contribution in [0.2, 0.25) is 0 Å². The van der Waals surface area contributed by atoms with Gasteiger partial charge in [-0.1, -0.05) is 17.7 Å². The Hall–Kier alpha value is -2.60. The van der Waals surface area contributed by atoms with E-state index in [4.69, 9.17) is 9.41 Å². The van der Waals surface area contributed by atoms with E-state index in [1.54, 1.807) is 17.6 Å². The van der Waals surface area contributed by atoms with Crippen LogP contribution in [0.3, 0.4) is 0 Å². The maximum atomic E-state index is 11.8. The van der Waals surface area contributed by atoms with Crippen molar-refractivity contribution in [2.75, 3.05) is 13.1 Å². The Morgan fingerprint density at radius 1 is 1.19 bits per heavy atom. The fraction of sp³-hybridized carbons (Fsp3) is 0.333. The smallest absolute Gasteiger partial charge is 0.222 e. The molecule has 140 valence electrons. The molecule has 4 rings (SSSR count). The number of nitrogens with zero attached hydrogens (tertiary/aromatic N) is 3. The molecule has 0 bridgehead atoms. The molecule has 0 saturated carbocycles. The summed E-state index contributed by atoms with van der Waals surface area (Å²) in [5, 5.41) is 2.09. The molecule has 0 radical (unpaired) electrons. The molecule has 1 saturated heterocycles. The van der Waals surface area contributed by atoms with Gasteiger partial charge in [0.05, 0.1) is 17.6 Å². The third-order valence-corrected chi connectivity index (χ3v) is 5.67. The number of rotatable bonds is 6. The molecule has 5 nitrogen and oxygen atoms in total. The van der Waals surface area contributed by atoms with E-state index in [-0.39, 0.29) is 5.91 Å². The van der Waals surface area contributed by atoms with Crippen LogP contribution in [0.1, 0.15) is 24.8 Å². The summed E-state index contributed by atoms with van der Waals surface area (Å²) in [7, 11) is 0. The minimum Gasteiger partial charge on any atom is -0.463 e. The van der Waals surface area contributed by atoms with Crippen LogP contribution in [0.15, 0.2) is 57.5 Å². The summed E-state index contributed by atoms with van der Waals surface area (Å²) in [6.07, 6.45) is 4.27. The van der Waals surface area contributed by atoms with E-state index in [2.05, 4.69) is 29.0 Å². The van der Waals surface area contributed by atoms with Gasteiger partial charge < -0.3 is 13.9 Å². The summed E-state index contributed by atoms with van der Waals surface area (Å²) in [4.78, 5) is 19.6. The molecule has 1 aliphatic heterocycles. The van der Waals surface area contributed by atoms with Crippen molar-refractivity contribution in [1.82, 2.24) is 9.47 Å². The summed E-state index contributed by atoms with van der Waals surface area (Å²) in [6, 6.07) is 12.1. The van der Waals surface area contributed by atoms with E-state index >= 15 is 0 Å². The first-order valence-electron chi connectivity index (χ1n) is 9.32. The van der Waals surface area contributed by atoms with Crippen LogP contribution in [-0.4, -0.2) is 28.5 Å². The van der Waals surface area contributed by atoms with E-state index < -0.39 is 0 Å². The summed E-state index contributed by atoms with van der Waals surface area (Å²) >= 11 is 1.61. The van der Waals surface area contributed by atoms with Crippen LogP contribution >= 0.6 is 11.3 Å². The van der Waals surface area contributed by atoms with Crippen LogP contribution in [-0.2, 0) is 11.3 Å². The van der Waals surface area contributed by atoms with Gasteiger partial charge in [-0.15, -0.1) is 11.3 Å². The van der Waals surface area contributed by atoms with Gasteiger partial charge >= 0.3 is 0 Å². The Balaban J connectivity index is 1.61. The molecule has 1 aromatic carbocycles. The SMILES string of the molecule is Cc1ccc(N=c2scc(-c3ccco3)n2CCCN2CCCC2=O)cc1. The highest BCUT2D eigenvalue weighted by Gasteiger charge is 2.19. The third-order valence-electron chi connectivity index (χ3n) is 4.81. The first kappa shape index (κ1) is 17.8. The highest BCUT2D eigenvalue weighted by molar-refractivity contribution is 7.07. The van der Waals surface area contributed by atoms with Gasteiger partial charge in [0.2, 0.25) is 5.91 Å². The van der Waals surface area contributed by atoms with Crippen molar-refractivity contribution in [2.24, 2.45) is 4.99 Å². The quantitative estimate of drug-likeness (QED) is 0.637. The number of aromatic nitrogens is 1. The number of hydrogen-bond acceptors (Lipinski definition) is 4. The lowest BCUT2D eigenvalue weighted by Crippen LogP contribution is -2.27. The predicted octanol–water partition coefficient (Wildman–Crippen LogP) is 4.36. The number of benzene rings is 1. The van der Waals surface area contributed by atoms with Crippen LogP contribution in [0.25, 0.3) is 11.5 Å². The van der Waals surface area contributed by atoms with Gasteiger partial charge in [0, 0.05) is 31.4 Å². The molecule has 0 unspecified atom stereocenters. The van der Waals surface area contributed by atoms with Gasteiger partial charge in [0.1, 0.15) is 0 Å². The highest BCUT2D eigenvalue weighted by Crippen LogP contribution is 2.22. The maximum Gasteiger partial charge on any atom is 0.222 e. The normalized spacial score (nSPS) is 15.1. The molecule has 0 aliphatic carbocycles. The highest BCUT2D eigenvalue weighted by atomic mass is 32.1. The van der Waals surface area contributed by atoms with Gasteiger partial charge in [0.15, 0.2) is 10.6 Å². The van der Waals surface area contributed by atoms with E-state index in [0.29, 0.717) is 6.42 Å². The van der Waals surface area contributed by atoms with E-state index in [1.165, 1.54) is 5.56 Å². The van der Waals surface area contributed by atoms with Crippen LogP contribution in [0.4, 0.5) is 5.69 Å². The molecule has 6 heteroatoms. The monoisotopic (exact) mass is 381 g/mol. The number of thiazole rings is 1. The zero-order valence-electron chi connectivity index (χ0n) is 15.4. The average molecular weight is 382 g/mol. The number of aryl methyl sites for hydroxylation is 1. The second-order valence-electron chi connectivity index (χ2n) is 6.82. The van der Waals surface area contributed by atoms with Crippen LogP contribution < -0.4 is 4.80 Å². The van der Waals surface area contributed by atoms with E-state index in [9.17, 15) is 4.79 Å². The van der Waals surface area contributed by atoms with Crippen molar-refractivity contribution in [1.29, 1.82) is 0 Å². The molecule has 0 atom stereocenters. The topological polar surface area (TPSA) is 50.7 Å². The lowest BCUT2D eigenvalue weighted by Gasteiger charge is -2.16. The molecule has 1 amide bonds. The number of hydrogen-bond donors (Lipinski definition) is 0. The minimum absolute atomic E-state index is 0.279. The van der Waals surface area contributed by atoms with Gasteiger partial charge in [-0.2, -0.15) is 0 Å². The standard InChI is InChI=1S/C21H23N3O2S/c1-16-7-9-17(10-8-16)22-21-24(13-4-12-23-11-2-6-20(23)25)18(15-27-21)19-5-3-14-26-19/h3,5,7-10,14-15H,2,4,6,11-13H2,1H3. The number of amides is 1. The minimum atomic E-state index is 0.279. The molecule has 2 aromatic heterocycles. The van der Waals surface area contributed by atoms with Crippen molar-refractivity contribution in [3.05, 3.63) is 58.4 Å². The van der Waals surface area contributed by atoms with Crippen molar-refractivity contribution < 1.29 is 9.21 Å². The van der Waals surface area contributed by atoms with Crippen LogP contribution in [0.5, 0.6) is 0 Å². The molecule has 1 aliphatic rings. The number of carbonyl (C=O) groups is 1. The maximum absolute atomic E-state index is 11.8. The molecular formula is C21H23N3O2S. The third kappa shape index (κ3) is 4.06. The van der Waals surface area contributed by atoms with Gasteiger partial charge in [-0.3, -0.25) is 4.79 Å². The summed E-state index contributed by atoms with van der Waals surface area (Å²) in [5.74, 6) is 1.12. The van der Waals surface area contributed by atoms with E-state index in [1.807, 2.05) is 29.2 Å². The number of carbonyl (C=O) groups excluding carboxylic acids is 1. The van der Waals surface area contributed by atoms with Gasteiger partial charge in [-0.25, -0.2) is 4.99 Å². The summed E-state index contributed by atoms with van der Waals surface area (Å²) < 4.78 is 7.81. The van der Waals surface area contributed by atoms with Crippen molar-refractivity contribution >= 4 is 22.9 Å². The van der Waals surface area contributed by atoms with Gasteiger partial charge in [0.25, 0.3) is 0 Å². The first-order chi connectivity index (χ1) is 13.2. The molecule has 1 fully saturated rings. The summed E-state index contributed by atoms with van der Waals surface area (Å²) in [5.41, 5.74) is 3.19. The fourth-order valence-corrected chi connectivity index (χ4v) is 4.28. The molecular weight excluding hydrogens is 358 g/mol. The largest absolute Gasteiger partial charge is 0.463 e. The molecule has 27 heavy (non-hydrogen) atoms. The second kappa shape index (κ2) is 7.96. The number of likely N-dealkylation sites (tertiary alicyclic amines) is 1. The van der Waals surface area contributed by atoms with Crippen molar-refractivity contribution in [2.45, 2.75) is 32.7 Å². The average Bonchev–Trinajstić information content (AvgIpc) is 3.40. The zero-order chi connectivity index (χ0) is 18.6. The first-order valence-corrected chi connectivity index (χ1v) is 10.2. The Bertz CT molecular complexity index is 968. The zero-order valence-corrected chi connectivity index (χ0v) is 16.2. The summed E-state index contributed by atoms with van der Waals surface area (Å²) in [6.45, 7) is 4.56. The molecule has 0 spiro atoms. The molecule has 3 heterocycles. The predicted molar refractivity (Wildman–Crippen MR) is 107 cm³/mol. The van der Waals surface area contributed by atoms with Crippen molar-refractivity contribution in [3.63, 3.8) is 0 Å². The molecule has 3 aromatic rings. The fourth-order valence-electron chi connectivity index (χ4n) is 3.35. The number of furan rings is 1. The Kier molecular flexibility index (Phi) is 5.25. The Labute approximate surface area is 162 Å². The van der Waals surface area contributed by atoms with E-state index in [0.717, 1.165) is 54.4 Å². The lowest BCUT2D eigenvalue weighted by molar-refractivity contribution is -0.127.